The van der Waals surface area contributed by atoms with E-state index in [2.05, 4.69) is 28.4 Å². The Kier molecular flexibility index (Phi) is 7.94. The number of carbonyl (C=O) groups is 1. The number of rotatable bonds is 9. The molecule has 156 valence electrons. The lowest BCUT2D eigenvalue weighted by atomic mass is 10.0. The predicted molar refractivity (Wildman–Crippen MR) is 115 cm³/mol. The summed E-state index contributed by atoms with van der Waals surface area (Å²) < 4.78 is 10.9. The van der Waals surface area contributed by atoms with Gasteiger partial charge in [-0.15, -0.1) is 0 Å². The van der Waals surface area contributed by atoms with Crippen molar-refractivity contribution in [1.29, 1.82) is 0 Å². The van der Waals surface area contributed by atoms with Crippen LogP contribution in [0, 0.1) is 0 Å². The number of carbonyl (C=O) groups excluding carboxylic acids is 1. The van der Waals surface area contributed by atoms with Crippen LogP contribution >= 0.6 is 0 Å². The Bertz CT molecular complexity index is 773. The second kappa shape index (κ2) is 10.9. The van der Waals surface area contributed by atoms with Crippen molar-refractivity contribution in [3.05, 3.63) is 59.7 Å². The zero-order valence-corrected chi connectivity index (χ0v) is 17.5. The van der Waals surface area contributed by atoms with E-state index in [4.69, 9.17) is 9.47 Å². The minimum Gasteiger partial charge on any atom is -0.493 e. The van der Waals surface area contributed by atoms with Crippen LogP contribution in [-0.2, 0) is 11.2 Å². The number of piperidine rings is 1. The fourth-order valence-electron chi connectivity index (χ4n) is 3.95. The van der Waals surface area contributed by atoms with Gasteiger partial charge in [0.15, 0.2) is 11.5 Å². The molecule has 0 saturated carbocycles. The van der Waals surface area contributed by atoms with Gasteiger partial charge in [0.25, 0.3) is 0 Å². The number of benzene rings is 2. The van der Waals surface area contributed by atoms with Gasteiger partial charge < -0.3 is 14.8 Å². The highest BCUT2D eigenvalue weighted by molar-refractivity contribution is 5.76. The average molecular weight is 397 g/mol. The quantitative estimate of drug-likeness (QED) is 0.697. The van der Waals surface area contributed by atoms with Gasteiger partial charge in [0, 0.05) is 13.0 Å². The van der Waals surface area contributed by atoms with E-state index in [1.54, 1.807) is 14.2 Å². The van der Waals surface area contributed by atoms with Crippen molar-refractivity contribution in [1.82, 2.24) is 10.2 Å². The van der Waals surface area contributed by atoms with Crippen molar-refractivity contribution in [2.45, 2.75) is 38.1 Å². The van der Waals surface area contributed by atoms with E-state index < -0.39 is 0 Å². The third kappa shape index (κ3) is 5.97. The van der Waals surface area contributed by atoms with Crippen LogP contribution in [-0.4, -0.2) is 44.7 Å². The van der Waals surface area contributed by atoms with E-state index in [0.29, 0.717) is 13.0 Å². The number of nitrogens with one attached hydrogen (secondary N) is 1. The summed E-state index contributed by atoms with van der Waals surface area (Å²) in [5.41, 5.74) is 2.34. The Balaban J connectivity index is 1.66. The highest BCUT2D eigenvalue weighted by atomic mass is 16.5. The summed E-state index contributed by atoms with van der Waals surface area (Å²) in [4.78, 5) is 15.0. The van der Waals surface area contributed by atoms with Crippen LogP contribution in [0.4, 0.5) is 0 Å². The molecule has 0 spiro atoms. The fourth-order valence-corrected chi connectivity index (χ4v) is 3.95. The monoisotopic (exact) mass is 396 g/mol. The molecule has 0 bridgehead atoms. The van der Waals surface area contributed by atoms with Crippen LogP contribution in [0.25, 0.3) is 0 Å². The van der Waals surface area contributed by atoms with Crippen LogP contribution in [0.15, 0.2) is 48.5 Å². The first-order chi connectivity index (χ1) is 14.2. The molecule has 5 heteroatoms. The Morgan fingerprint density at radius 3 is 2.41 bits per heavy atom. The minimum atomic E-state index is 0.0938. The van der Waals surface area contributed by atoms with Crippen LogP contribution in [0.1, 0.15) is 42.9 Å². The number of nitrogens with zero attached hydrogens (tertiary/aromatic N) is 1. The lowest BCUT2D eigenvalue weighted by Gasteiger charge is -2.35. The molecule has 1 saturated heterocycles. The van der Waals surface area contributed by atoms with E-state index >= 15 is 0 Å². The van der Waals surface area contributed by atoms with Crippen molar-refractivity contribution in [3.63, 3.8) is 0 Å². The zero-order chi connectivity index (χ0) is 20.5. The first-order valence-electron chi connectivity index (χ1n) is 10.5. The SMILES string of the molecule is COc1ccc(C(CNC(=O)CCc2ccccc2)N2CCCCC2)cc1OC. The Labute approximate surface area is 174 Å². The third-order valence-corrected chi connectivity index (χ3v) is 5.60. The summed E-state index contributed by atoms with van der Waals surface area (Å²) in [6.07, 6.45) is 4.94. The summed E-state index contributed by atoms with van der Waals surface area (Å²) in [5.74, 6) is 1.54. The highest BCUT2D eigenvalue weighted by Crippen LogP contribution is 2.32. The maximum Gasteiger partial charge on any atom is 0.220 e. The second-order valence-electron chi connectivity index (χ2n) is 7.52. The Morgan fingerprint density at radius 1 is 1.00 bits per heavy atom. The topological polar surface area (TPSA) is 50.8 Å². The molecule has 1 aliphatic heterocycles. The molecule has 1 aliphatic rings. The molecule has 0 aliphatic carbocycles. The van der Waals surface area contributed by atoms with Crippen LogP contribution in [0.3, 0.4) is 0 Å². The maximum absolute atomic E-state index is 12.5. The summed E-state index contributed by atoms with van der Waals surface area (Å²) in [6.45, 7) is 2.71. The molecule has 1 N–H and O–H groups in total. The molecule has 1 unspecified atom stereocenters. The van der Waals surface area contributed by atoms with Gasteiger partial charge in [-0.3, -0.25) is 9.69 Å². The van der Waals surface area contributed by atoms with Crippen LogP contribution < -0.4 is 14.8 Å². The summed E-state index contributed by atoms with van der Waals surface area (Å²) in [7, 11) is 3.30. The summed E-state index contributed by atoms with van der Waals surface area (Å²) in [6, 6.07) is 16.3. The highest BCUT2D eigenvalue weighted by Gasteiger charge is 2.24. The molecule has 2 aromatic rings. The van der Waals surface area contributed by atoms with Gasteiger partial charge in [-0.05, 0) is 55.6 Å². The van der Waals surface area contributed by atoms with Gasteiger partial charge >= 0.3 is 0 Å². The van der Waals surface area contributed by atoms with Crippen molar-refractivity contribution < 1.29 is 14.3 Å². The largest absolute Gasteiger partial charge is 0.493 e. The van der Waals surface area contributed by atoms with Crippen LogP contribution in [0.2, 0.25) is 0 Å². The van der Waals surface area contributed by atoms with Crippen molar-refractivity contribution in [3.8, 4) is 11.5 Å². The van der Waals surface area contributed by atoms with E-state index in [9.17, 15) is 4.79 Å². The lowest BCUT2D eigenvalue weighted by Crippen LogP contribution is -2.40. The zero-order valence-electron chi connectivity index (χ0n) is 17.5. The van der Waals surface area contributed by atoms with Gasteiger partial charge in [-0.2, -0.15) is 0 Å². The van der Waals surface area contributed by atoms with Gasteiger partial charge in [-0.1, -0.05) is 42.8 Å². The molecular formula is C24H32N2O3. The first kappa shape index (κ1) is 21.2. The van der Waals surface area contributed by atoms with Crippen molar-refractivity contribution >= 4 is 5.91 Å². The van der Waals surface area contributed by atoms with E-state index in [1.807, 2.05) is 30.3 Å². The van der Waals surface area contributed by atoms with Crippen molar-refractivity contribution in [2.24, 2.45) is 0 Å². The molecule has 1 amide bonds. The number of ether oxygens (including phenoxy) is 2. The minimum absolute atomic E-state index is 0.0938. The molecule has 0 aromatic heterocycles. The van der Waals surface area contributed by atoms with E-state index in [0.717, 1.165) is 36.6 Å². The first-order valence-corrected chi connectivity index (χ1v) is 10.5. The maximum atomic E-state index is 12.5. The number of methoxy groups -OCH3 is 2. The molecule has 3 rings (SSSR count). The summed E-state index contributed by atoms with van der Waals surface area (Å²) in [5, 5.41) is 3.16. The molecule has 2 aromatic carbocycles. The number of hydrogen-bond donors (Lipinski definition) is 1. The molecule has 1 fully saturated rings. The van der Waals surface area contributed by atoms with E-state index in [1.165, 1.54) is 24.8 Å². The normalized spacial score (nSPS) is 15.5. The number of likely N-dealkylation sites (tertiary alicyclic amines) is 1. The molecule has 29 heavy (non-hydrogen) atoms. The van der Waals surface area contributed by atoms with Gasteiger partial charge in [0.1, 0.15) is 0 Å². The Hall–Kier alpha value is -2.53. The third-order valence-electron chi connectivity index (χ3n) is 5.60. The van der Waals surface area contributed by atoms with Gasteiger partial charge in [-0.25, -0.2) is 0 Å². The lowest BCUT2D eigenvalue weighted by molar-refractivity contribution is -0.121. The van der Waals surface area contributed by atoms with E-state index in [-0.39, 0.29) is 11.9 Å². The fraction of sp³-hybridized carbons (Fsp3) is 0.458. The molecular weight excluding hydrogens is 364 g/mol. The van der Waals surface area contributed by atoms with Crippen molar-refractivity contribution in [2.75, 3.05) is 33.9 Å². The average Bonchev–Trinajstić information content (AvgIpc) is 2.79. The molecule has 1 atom stereocenters. The number of amides is 1. The molecule has 0 radical (unpaired) electrons. The summed E-state index contributed by atoms with van der Waals surface area (Å²) >= 11 is 0. The molecule has 1 heterocycles. The molecule has 5 nitrogen and oxygen atoms in total. The second-order valence-corrected chi connectivity index (χ2v) is 7.52. The standard InChI is InChI=1S/C24H32N2O3/c1-28-22-13-12-20(17-23(22)29-2)21(26-15-7-4-8-16-26)18-25-24(27)14-11-19-9-5-3-6-10-19/h3,5-6,9-10,12-13,17,21H,4,7-8,11,14-16,18H2,1-2H3,(H,25,27). The smallest absolute Gasteiger partial charge is 0.220 e. The van der Waals surface area contributed by atoms with Crippen LogP contribution in [0.5, 0.6) is 11.5 Å². The Morgan fingerprint density at radius 2 is 1.72 bits per heavy atom. The predicted octanol–water partition coefficient (Wildman–Crippen LogP) is 3.98. The van der Waals surface area contributed by atoms with Gasteiger partial charge in [0.05, 0.1) is 20.3 Å². The number of hydrogen-bond acceptors (Lipinski definition) is 4. The van der Waals surface area contributed by atoms with Gasteiger partial charge in [0.2, 0.25) is 5.91 Å². The number of aryl methyl sites for hydroxylation is 1.